The molecule has 5 heterocycles. The van der Waals surface area contributed by atoms with Crippen LogP contribution in [0.5, 0.6) is 5.75 Å². The number of esters is 1. The second kappa shape index (κ2) is 12.0. The third kappa shape index (κ3) is 5.21. The Bertz CT molecular complexity index is 2000. The van der Waals surface area contributed by atoms with Gasteiger partial charge < -0.3 is 24.5 Å². The van der Waals surface area contributed by atoms with Crippen molar-refractivity contribution in [1.82, 2.24) is 9.88 Å². The Kier molecular flexibility index (Phi) is 7.94. The SMILES string of the molecule is CC=C(C)C(=O)OC1(C)CC=C2CSSC3(CCCC3)C3CCN3C(=O)Cc3cnc(N)cc3C2C12Cc1cc3ccc(=O)oc3cc1O2. The summed E-state index contributed by atoms with van der Waals surface area (Å²) in [5.41, 5.74) is 8.42. The van der Waals surface area contributed by atoms with Gasteiger partial charge in [0.2, 0.25) is 5.91 Å². The minimum absolute atomic E-state index is 0.0422. The van der Waals surface area contributed by atoms with Crippen LogP contribution in [0.25, 0.3) is 11.0 Å². The van der Waals surface area contributed by atoms with Crippen molar-refractivity contribution in [1.29, 1.82) is 0 Å². The van der Waals surface area contributed by atoms with E-state index in [4.69, 9.17) is 19.6 Å². The quantitative estimate of drug-likeness (QED) is 0.102. The number of carbonyl (C=O) groups is 2. The molecule has 2 spiro atoms. The molecule has 49 heavy (non-hydrogen) atoms. The van der Waals surface area contributed by atoms with Gasteiger partial charge in [-0.15, -0.1) is 0 Å². The topological polar surface area (TPSA) is 125 Å². The number of fused-ring (bicyclic) bond motifs is 8. The number of allylic oxidation sites excluding steroid dienone is 1. The summed E-state index contributed by atoms with van der Waals surface area (Å²) >= 11 is 0. The molecule has 0 radical (unpaired) electrons. The molecule has 1 amide bonds. The Morgan fingerprint density at radius 2 is 1.98 bits per heavy atom. The number of hydrogen-bond acceptors (Lipinski definition) is 10. The van der Waals surface area contributed by atoms with E-state index in [1.807, 2.05) is 47.6 Å². The van der Waals surface area contributed by atoms with Gasteiger partial charge in [-0.2, -0.15) is 0 Å². The summed E-state index contributed by atoms with van der Waals surface area (Å²) in [6.07, 6.45) is 12.4. The van der Waals surface area contributed by atoms with Gasteiger partial charge in [-0.25, -0.2) is 14.6 Å². The van der Waals surface area contributed by atoms with E-state index in [2.05, 4.69) is 16.0 Å². The van der Waals surface area contributed by atoms with Crippen molar-refractivity contribution in [3.63, 3.8) is 0 Å². The molecule has 2 aliphatic carbocycles. The number of hydrogen-bond donors (Lipinski definition) is 1. The fourth-order valence-electron chi connectivity index (χ4n) is 8.78. The Morgan fingerprint density at radius 1 is 1.16 bits per heavy atom. The largest absolute Gasteiger partial charge is 0.481 e. The molecule has 1 saturated heterocycles. The zero-order valence-corrected chi connectivity index (χ0v) is 29.7. The number of anilines is 1. The lowest BCUT2D eigenvalue weighted by molar-refractivity contribution is -0.183. The standard InChI is InChI=1S/C38H41N3O6S2/c1-4-22(2)35(44)47-36(3)13-9-24-21-48-49-37(11-5-6-12-37)30-10-14-41(30)32(42)16-26-20-40-31(39)17-27(26)34(24)38(36)19-25-15-23-7-8-33(43)45-28(23)18-29(25)46-38/h4,7-9,15,17-18,20,30,34H,5-6,10-14,16,19,21H2,1-3H3,(H2,39,40). The first-order valence-corrected chi connectivity index (χ1v) is 19.5. The summed E-state index contributed by atoms with van der Waals surface area (Å²) in [7, 11) is 3.82. The summed E-state index contributed by atoms with van der Waals surface area (Å²) in [4.78, 5) is 46.5. The fraction of sp³-hybridized carbons (Fsp3) is 0.474. The van der Waals surface area contributed by atoms with Crippen LogP contribution >= 0.6 is 21.6 Å². The minimum Gasteiger partial charge on any atom is -0.481 e. The van der Waals surface area contributed by atoms with E-state index in [9.17, 15) is 14.4 Å². The predicted molar refractivity (Wildman–Crippen MR) is 193 cm³/mol. The number of carbonyl (C=O) groups excluding carboxylic acids is 2. The zero-order valence-electron chi connectivity index (χ0n) is 28.1. The van der Waals surface area contributed by atoms with Gasteiger partial charge in [0.25, 0.3) is 0 Å². The number of pyridine rings is 1. The molecule has 4 unspecified atom stereocenters. The lowest BCUT2D eigenvalue weighted by atomic mass is 9.61. The van der Waals surface area contributed by atoms with Gasteiger partial charge in [-0.3, -0.25) is 4.79 Å². The summed E-state index contributed by atoms with van der Waals surface area (Å²) in [6, 6.07) is 9.07. The summed E-state index contributed by atoms with van der Waals surface area (Å²) in [6.45, 7) is 6.30. The molecule has 9 nitrogen and oxygen atoms in total. The monoisotopic (exact) mass is 699 g/mol. The van der Waals surface area contributed by atoms with Crippen molar-refractivity contribution in [2.45, 2.75) is 100 Å². The molecule has 8 rings (SSSR count). The van der Waals surface area contributed by atoms with Gasteiger partial charge >= 0.3 is 11.6 Å². The highest BCUT2D eigenvalue weighted by Gasteiger charge is 2.64. The molecule has 256 valence electrons. The van der Waals surface area contributed by atoms with E-state index >= 15 is 0 Å². The highest BCUT2D eigenvalue weighted by Crippen LogP contribution is 2.60. The molecule has 3 aromatic rings. The van der Waals surface area contributed by atoms with E-state index in [0.29, 0.717) is 35.6 Å². The lowest BCUT2D eigenvalue weighted by Gasteiger charge is -2.53. The first-order valence-electron chi connectivity index (χ1n) is 17.2. The molecule has 3 aliphatic heterocycles. The van der Waals surface area contributed by atoms with Crippen LogP contribution in [0.15, 0.2) is 69.0 Å². The number of nitrogen functional groups attached to an aromatic ring is 1. The van der Waals surface area contributed by atoms with Gasteiger partial charge in [0.15, 0.2) is 11.2 Å². The molecule has 1 saturated carbocycles. The Balaban J connectivity index is 1.32. The highest BCUT2D eigenvalue weighted by molar-refractivity contribution is 8.77. The summed E-state index contributed by atoms with van der Waals surface area (Å²) in [5.74, 6) is 0.918. The first kappa shape index (κ1) is 32.5. The number of amides is 1. The van der Waals surface area contributed by atoms with Crippen molar-refractivity contribution >= 4 is 50.3 Å². The van der Waals surface area contributed by atoms with Crippen LogP contribution in [0.2, 0.25) is 0 Å². The molecule has 4 atom stereocenters. The third-order valence-electron chi connectivity index (χ3n) is 11.7. The van der Waals surface area contributed by atoms with Crippen LogP contribution in [0.3, 0.4) is 0 Å². The highest BCUT2D eigenvalue weighted by atomic mass is 33.1. The molecular weight excluding hydrogens is 659 g/mol. The average Bonchev–Trinajstić information content (AvgIpc) is 3.67. The van der Waals surface area contributed by atoms with Crippen molar-refractivity contribution in [3.05, 3.63) is 86.9 Å². The molecule has 11 heteroatoms. The van der Waals surface area contributed by atoms with Gasteiger partial charge in [-0.1, -0.05) is 52.2 Å². The number of rotatable bonds is 2. The van der Waals surface area contributed by atoms with Crippen molar-refractivity contribution in [2.75, 3.05) is 18.0 Å². The van der Waals surface area contributed by atoms with Crippen molar-refractivity contribution < 1.29 is 23.5 Å². The minimum atomic E-state index is -1.13. The maximum absolute atomic E-state index is 14.2. The Labute approximate surface area is 293 Å². The maximum atomic E-state index is 14.2. The molecule has 5 aliphatic rings. The summed E-state index contributed by atoms with van der Waals surface area (Å²) in [5, 5.41) is 0.782. The number of benzene rings is 1. The van der Waals surface area contributed by atoms with Crippen molar-refractivity contribution in [2.24, 2.45) is 0 Å². The lowest BCUT2D eigenvalue weighted by Crippen LogP contribution is -2.63. The van der Waals surface area contributed by atoms with Gasteiger partial charge in [0.1, 0.15) is 17.2 Å². The maximum Gasteiger partial charge on any atom is 0.336 e. The predicted octanol–water partition coefficient (Wildman–Crippen LogP) is 6.68. The smallest absolute Gasteiger partial charge is 0.336 e. The molecule has 1 aromatic carbocycles. The van der Waals surface area contributed by atoms with Gasteiger partial charge in [0.05, 0.1) is 12.3 Å². The number of aromatic nitrogens is 1. The van der Waals surface area contributed by atoms with E-state index in [1.54, 1.807) is 31.3 Å². The second-order valence-electron chi connectivity index (χ2n) is 14.4. The number of ether oxygens (including phenoxy) is 2. The normalized spacial score (nSPS) is 29.1. The van der Waals surface area contributed by atoms with Crippen LogP contribution in [-0.2, 0) is 27.2 Å². The van der Waals surface area contributed by atoms with E-state index in [1.165, 1.54) is 18.9 Å². The average molecular weight is 700 g/mol. The van der Waals surface area contributed by atoms with Crippen LogP contribution in [0.1, 0.15) is 81.9 Å². The van der Waals surface area contributed by atoms with Crippen molar-refractivity contribution in [3.8, 4) is 5.75 Å². The molecule has 2 N–H and O–H groups in total. The van der Waals surface area contributed by atoms with E-state index in [0.717, 1.165) is 59.2 Å². The van der Waals surface area contributed by atoms with Crippen LogP contribution in [0.4, 0.5) is 5.82 Å². The van der Waals surface area contributed by atoms with Crippen LogP contribution < -0.4 is 16.1 Å². The molecular formula is C38H41N3O6S2. The number of nitrogens with zero attached hydrogens (tertiary/aromatic N) is 2. The fourth-order valence-corrected chi connectivity index (χ4v) is 12.4. The zero-order chi connectivity index (χ0) is 34.1. The van der Waals surface area contributed by atoms with Gasteiger partial charge in [0, 0.05) is 65.2 Å². The number of nitrogens with two attached hydrogens (primary N) is 1. The van der Waals surface area contributed by atoms with E-state index in [-0.39, 0.29) is 23.1 Å². The molecule has 2 aromatic heterocycles. The Morgan fingerprint density at radius 3 is 2.73 bits per heavy atom. The third-order valence-corrected chi connectivity index (χ3v) is 14.9. The van der Waals surface area contributed by atoms with Crippen LogP contribution in [0, 0.1) is 0 Å². The molecule has 2 fully saturated rings. The van der Waals surface area contributed by atoms with E-state index < -0.39 is 28.7 Å². The second-order valence-corrected chi connectivity index (χ2v) is 17.1. The molecule has 0 bridgehead atoms. The first-order chi connectivity index (χ1) is 23.5. The Hall–Kier alpha value is -3.70. The summed E-state index contributed by atoms with van der Waals surface area (Å²) < 4.78 is 19.3. The van der Waals surface area contributed by atoms with Gasteiger partial charge in [-0.05, 0) is 74.9 Å². The van der Waals surface area contributed by atoms with Crippen LogP contribution in [-0.4, -0.2) is 56.0 Å².